The van der Waals surface area contributed by atoms with Crippen molar-refractivity contribution in [2.24, 2.45) is 5.14 Å². The van der Waals surface area contributed by atoms with Crippen LogP contribution in [0.3, 0.4) is 0 Å². The Morgan fingerprint density at radius 2 is 1.70 bits per heavy atom. The van der Waals surface area contributed by atoms with Crippen molar-refractivity contribution in [2.75, 3.05) is 0 Å². The Labute approximate surface area is 134 Å². The molecule has 6 nitrogen and oxygen atoms in total. The van der Waals surface area contributed by atoms with E-state index in [0.717, 1.165) is 12.1 Å². The molecule has 0 fully saturated rings. The molecule has 0 bridgehead atoms. The minimum absolute atomic E-state index is 0.132. The zero-order valence-corrected chi connectivity index (χ0v) is 13.7. The molecule has 1 unspecified atom stereocenters. The van der Waals surface area contributed by atoms with Crippen LogP contribution in [0.5, 0.6) is 0 Å². The lowest BCUT2D eigenvalue weighted by atomic mass is 10.1. The molecule has 0 aliphatic carbocycles. The van der Waals surface area contributed by atoms with Gasteiger partial charge in [-0.25, -0.2) is 31.1 Å². The van der Waals surface area contributed by atoms with Gasteiger partial charge < -0.3 is 0 Å². The van der Waals surface area contributed by atoms with Crippen molar-refractivity contribution in [3.05, 3.63) is 59.9 Å². The van der Waals surface area contributed by atoms with Gasteiger partial charge in [0.25, 0.3) is 0 Å². The van der Waals surface area contributed by atoms with Crippen LogP contribution < -0.4 is 9.86 Å². The molecule has 0 aromatic heterocycles. The summed E-state index contributed by atoms with van der Waals surface area (Å²) >= 11 is 0. The van der Waals surface area contributed by atoms with Gasteiger partial charge in [0.2, 0.25) is 20.0 Å². The van der Waals surface area contributed by atoms with Gasteiger partial charge in [-0.05, 0) is 36.8 Å². The van der Waals surface area contributed by atoms with Gasteiger partial charge in [-0.15, -0.1) is 0 Å². The lowest BCUT2D eigenvalue weighted by Gasteiger charge is -2.15. The van der Waals surface area contributed by atoms with Crippen molar-refractivity contribution in [1.29, 1.82) is 0 Å². The Bertz CT molecular complexity index is 927. The lowest BCUT2D eigenvalue weighted by Crippen LogP contribution is -2.27. The van der Waals surface area contributed by atoms with Crippen LogP contribution in [0.15, 0.2) is 58.3 Å². The first-order valence-electron chi connectivity index (χ1n) is 6.51. The molecule has 9 heteroatoms. The lowest BCUT2D eigenvalue weighted by molar-refractivity contribution is 0.547. The second kappa shape index (κ2) is 6.36. The molecule has 124 valence electrons. The maximum atomic E-state index is 13.6. The maximum absolute atomic E-state index is 13.6. The summed E-state index contributed by atoms with van der Waals surface area (Å²) in [6.07, 6.45) is 0. The summed E-state index contributed by atoms with van der Waals surface area (Å²) in [6, 6.07) is 9.76. The van der Waals surface area contributed by atoms with Gasteiger partial charge in [-0.1, -0.05) is 24.3 Å². The molecule has 0 saturated heterocycles. The van der Waals surface area contributed by atoms with Crippen LogP contribution in [0.1, 0.15) is 18.5 Å². The highest BCUT2D eigenvalue weighted by Crippen LogP contribution is 2.20. The van der Waals surface area contributed by atoms with E-state index in [9.17, 15) is 21.2 Å². The molecule has 23 heavy (non-hydrogen) atoms. The van der Waals surface area contributed by atoms with E-state index >= 15 is 0 Å². The number of sulfonamides is 2. The molecular weight excluding hydrogens is 343 g/mol. The standard InChI is InChI=1S/C14H15FN2O4S2/c1-10(11-5-4-6-12(9-11)22(16,18)19)17-23(20,21)14-8-3-2-7-13(14)15/h2-10,17H,1H3,(H2,16,18,19). The SMILES string of the molecule is CC(NS(=O)(=O)c1ccccc1F)c1cccc(S(N)(=O)=O)c1. The number of rotatable bonds is 5. The average Bonchev–Trinajstić information content (AvgIpc) is 2.46. The first-order valence-corrected chi connectivity index (χ1v) is 9.54. The van der Waals surface area contributed by atoms with Gasteiger partial charge in [-0.2, -0.15) is 0 Å². The Morgan fingerprint density at radius 3 is 2.30 bits per heavy atom. The second-order valence-electron chi connectivity index (χ2n) is 4.89. The largest absolute Gasteiger partial charge is 0.244 e. The van der Waals surface area contributed by atoms with E-state index in [-0.39, 0.29) is 4.90 Å². The van der Waals surface area contributed by atoms with Gasteiger partial charge in [0, 0.05) is 6.04 Å². The number of benzene rings is 2. The van der Waals surface area contributed by atoms with Crippen molar-refractivity contribution in [1.82, 2.24) is 4.72 Å². The van der Waals surface area contributed by atoms with Crippen LogP contribution in [-0.2, 0) is 20.0 Å². The topological polar surface area (TPSA) is 106 Å². The number of hydrogen-bond donors (Lipinski definition) is 2. The van der Waals surface area contributed by atoms with Gasteiger partial charge in [0.1, 0.15) is 10.7 Å². The molecule has 0 radical (unpaired) electrons. The highest BCUT2D eigenvalue weighted by atomic mass is 32.2. The highest BCUT2D eigenvalue weighted by Gasteiger charge is 2.22. The Kier molecular flexibility index (Phi) is 4.85. The molecule has 0 heterocycles. The molecule has 0 aliphatic rings. The van der Waals surface area contributed by atoms with Crippen LogP contribution in [0.2, 0.25) is 0 Å². The zero-order chi connectivity index (χ0) is 17.3. The number of halogens is 1. The van der Waals surface area contributed by atoms with E-state index in [4.69, 9.17) is 5.14 Å². The Hall–Kier alpha value is -1.81. The fourth-order valence-corrected chi connectivity index (χ4v) is 3.87. The monoisotopic (exact) mass is 358 g/mol. The molecular formula is C14H15FN2O4S2. The van der Waals surface area contributed by atoms with E-state index in [1.54, 1.807) is 6.07 Å². The summed E-state index contributed by atoms with van der Waals surface area (Å²) in [5.41, 5.74) is 0.386. The second-order valence-corrected chi connectivity index (χ2v) is 8.13. The fourth-order valence-electron chi connectivity index (χ4n) is 1.99. The molecule has 2 aromatic rings. The van der Waals surface area contributed by atoms with Crippen LogP contribution in [0, 0.1) is 5.82 Å². The molecule has 1 atom stereocenters. The minimum Gasteiger partial charge on any atom is -0.225 e. The summed E-state index contributed by atoms with van der Waals surface area (Å²) in [6.45, 7) is 1.51. The van der Waals surface area contributed by atoms with Crippen molar-refractivity contribution < 1.29 is 21.2 Å². The predicted octanol–water partition coefficient (Wildman–Crippen LogP) is 1.51. The fraction of sp³-hybridized carbons (Fsp3) is 0.143. The summed E-state index contributed by atoms with van der Waals surface area (Å²) in [5.74, 6) is -0.870. The quantitative estimate of drug-likeness (QED) is 0.845. The third kappa shape index (κ3) is 4.14. The molecule has 2 rings (SSSR count). The van der Waals surface area contributed by atoms with Crippen LogP contribution >= 0.6 is 0 Å². The van der Waals surface area contributed by atoms with Crippen molar-refractivity contribution in [2.45, 2.75) is 22.8 Å². The van der Waals surface area contributed by atoms with Gasteiger partial charge >= 0.3 is 0 Å². The van der Waals surface area contributed by atoms with Crippen molar-refractivity contribution in [3.8, 4) is 0 Å². The van der Waals surface area contributed by atoms with Crippen LogP contribution in [-0.4, -0.2) is 16.8 Å². The molecule has 3 N–H and O–H groups in total. The molecule has 0 aliphatic heterocycles. The minimum atomic E-state index is -4.09. The normalized spacial score (nSPS) is 13.7. The van der Waals surface area contributed by atoms with E-state index in [1.807, 2.05) is 0 Å². The first kappa shape index (κ1) is 17.5. The maximum Gasteiger partial charge on any atom is 0.244 e. The van der Waals surface area contributed by atoms with Gasteiger partial charge in [0.05, 0.1) is 4.90 Å². The third-order valence-electron chi connectivity index (χ3n) is 3.14. The molecule has 0 spiro atoms. The highest BCUT2D eigenvalue weighted by molar-refractivity contribution is 7.89. The van der Waals surface area contributed by atoms with Crippen molar-refractivity contribution >= 4 is 20.0 Å². The number of primary sulfonamides is 1. The van der Waals surface area contributed by atoms with Crippen LogP contribution in [0.25, 0.3) is 0 Å². The molecule has 0 saturated carbocycles. The van der Waals surface area contributed by atoms with Crippen LogP contribution in [0.4, 0.5) is 4.39 Å². The molecule has 0 amide bonds. The Morgan fingerprint density at radius 1 is 1.04 bits per heavy atom. The first-order chi connectivity index (χ1) is 10.6. The predicted molar refractivity (Wildman–Crippen MR) is 83.0 cm³/mol. The third-order valence-corrected chi connectivity index (χ3v) is 5.63. The average molecular weight is 358 g/mol. The Balaban J connectivity index is 2.32. The summed E-state index contributed by atoms with van der Waals surface area (Å²) in [7, 11) is -7.99. The number of nitrogens with two attached hydrogens (primary N) is 1. The van der Waals surface area contributed by atoms with E-state index in [2.05, 4.69) is 4.72 Å². The summed E-state index contributed by atoms with van der Waals surface area (Å²) in [5, 5.41) is 5.05. The zero-order valence-electron chi connectivity index (χ0n) is 12.1. The van der Waals surface area contributed by atoms with Crippen molar-refractivity contribution in [3.63, 3.8) is 0 Å². The van der Waals surface area contributed by atoms with Gasteiger partial charge in [0.15, 0.2) is 0 Å². The summed E-state index contributed by atoms with van der Waals surface area (Å²) in [4.78, 5) is -0.610. The smallest absolute Gasteiger partial charge is 0.225 e. The van der Waals surface area contributed by atoms with E-state index < -0.39 is 36.8 Å². The summed E-state index contributed by atoms with van der Waals surface area (Å²) < 4.78 is 63.1. The van der Waals surface area contributed by atoms with Gasteiger partial charge in [-0.3, -0.25) is 0 Å². The van der Waals surface area contributed by atoms with E-state index in [0.29, 0.717) is 5.56 Å². The van der Waals surface area contributed by atoms with E-state index in [1.165, 1.54) is 37.3 Å². The molecule has 2 aromatic carbocycles. The number of hydrogen-bond acceptors (Lipinski definition) is 4. The number of nitrogens with one attached hydrogen (secondary N) is 1.